The maximum absolute atomic E-state index is 11.2. The number of ether oxygens (including phenoxy) is 1. The van der Waals surface area contributed by atoms with E-state index < -0.39 is 5.97 Å². The normalized spacial score (nSPS) is 13.2. The summed E-state index contributed by atoms with van der Waals surface area (Å²) >= 11 is 3.67. The van der Waals surface area contributed by atoms with E-state index >= 15 is 0 Å². The van der Waals surface area contributed by atoms with E-state index in [-0.39, 0.29) is 32.7 Å². The molecule has 6 heteroatoms. The zero-order valence-electron chi connectivity index (χ0n) is 27.0. The van der Waals surface area contributed by atoms with Crippen LogP contribution >= 0.6 is 23.5 Å². The number of aromatic hydroxyl groups is 1. The van der Waals surface area contributed by atoms with E-state index in [9.17, 15) is 9.90 Å². The number of thioether (sulfide) groups is 2. The highest BCUT2D eigenvalue weighted by molar-refractivity contribution is 8.18. The van der Waals surface area contributed by atoms with Gasteiger partial charge in [0, 0.05) is 32.9 Å². The Hall–Kier alpha value is -1.79. The summed E-state index contributed by atoms with van der Waals surface area (Å²) in [4.78, 5) is 13.3. The van der Waals surface area contributed by atoms with E-state index in [1.807, 2.05) is 23.5 Å². The van der Waals surface area contributed by atoms with Crippen LogP contribution < -0.4 is 4.74 Å². The van der Waals surface area contributed by atoms with Crippen molar-refractivity contribution in [3.63, 3.8) is 0 Å². The fourth-order valence-corrected chi connectivity index (χ4v) is 7.22. The van der Waals surface area contributed by atoms with Crippen molar-refractivity contribution in [1.82, 2.24) is 0 Å². The molecule has 0 heterocycles. The maximum atomic E-state index is 11.2. The fraction of sp³-hybridized carbons (Fsp3) is 0.618. The third-order valence-electron chi connectivity index (χ3n) is 6.73. The summed E-state index contributed by atoms with van der Waals surface area (Å²) in [6.45, 7) is 28.7. The quantitative estimate of drug-likeness (QED) is 0.163. The lowest BCUT2D eigenvalue weighted by Gasteiger charge is -2.31. The molecule has 0 aliphatic rings. The predicted octanol–water partition coefficient (Wildman–Crippen LogP) is 10.3. The number of phenolic OH excluding ortho intramolecular Hbond substituents is 1. The van der Waals surface area contributed by atoms with Crippen LogP contribution in [0.25, 0.3) is 0 Å². The van der Waals surface area contributed by atoms with Crippen molar-refractivity contribution in [3.05, 3.63) is 46.5 Å². The zero-order chi connectivity index (χ0) is 30.8. The summed E-state index contributed by atoms with van der Waals surface area (Å²) in [7, 11) is 0. The van der Waals surface area contributed by atoms with Gasteiger partial charge in [-0.2, -0.15) is 0 Å². The van der Waals surface area contributed by atoms with Crippen LogP contribution in [0.15, 0.2) is 34.1 Å². The molecule has 0 fully saturated rings. The number of rotatable bonds is 10. The number of benzene rings is 2. The summed E-state index contributed by atoms with van der Waals surface area (Å²) in [6.07, 6.45) is 0.586. The molecule has 0 bridgehead atoms. The van der Waals surface area contributed by atoms with Crippen molar-refractivity contribution >= 4 is 29.5 Å². The smallest absolute Gasteiger partial charge is 0.303 e. The van der Waals surface area contributed by atoms with Crippen LogP contribution in [0.5, 0.6) is 11.5 Å². The fourth-order valence-electron chi connectivity index (χ4n) is 4.63. The highest BCUT2D eigenvalue weighted by atomic mass is 32.2. The molecule has 224 valence electrons. The summed E-state index contributed by atoms with van der Waals surface area (Å²) < 4.78 is 6.10. The van der Waals surface area contributed by atoms with Crippen LogP contribution in [0, 0.1) is 0 Å². The summed E-state index contributed by atoms with van der Waals surface area (Å²) in [5, 5.41) is 20.2. The second-order valence-electron chi connectivity index (χ2n) is 14.6. The van der Waals surface area contributed by atoms with Crippen LogP contribution in [0.3, 0.4) is 0 Å². The molecule has 0 aromatic heterocycles. The molecule has 0 atom stereocenters. The van der Waals surface area contributed by atoms with Gasteiger partial charge in [-0.15, -0.1) is 23.5 Å². The van der Waals surface area contributed by atoms with E-state index in [2.05, 4.69) is 114 Å². The SMILES string of the molecule is CC(C)c1cc(SC(C)(C)Sc2cc(C(C)(C)C)c(O)c(C(C)(C)C)c2)cc(C(C)(C)C)c1OCCCC(=O)O. The van der Waals surface area contributed by atoms with E-state index in [0.29, 0.717) is 18.8 Å². The van der Waals surface area contributed by atoms with E-state index in [1.165, 1.54) is 4.90 Å². The van der Waals surface area contributed by atoms with Gasteiger partial charge < -0.3 is 14.9 Å². The summed E-state index contributed by atoms with van der Waals surface area (Å²) in [5.74, 6) is 0.761. The molecule has 4 nitrogen and oxygen atoms in total. The van der Waals surface area contributed by atoms with Crippen LogP contribution in [0.1, 0.15) is 131 Å². The first-order valence-corrected chi connectivity index (χ1v) is 15.9. The largest absolute Gasteiger partial charge is 0.507 e. The van der Waals surface area contributed by atoms with E-state index in [4.69, 9.17) is 9.84 Å². The van der Waals surface area contributed by atoms with Crippen molar-refractivity contribution in [2.75, 3.05) is 6.61 Å². The Morgan fingerprint density at radius 2 is 1.20 bits per heavy atom. The Morgan fingerprint density at radius 1 is 0.775 bits per heavy atom. The first-order valence-electron chi connectivity index (χ1n) is 14.3. The Bertz CT molecular complexity index is 1160. The molecule has 0 saturated carbocycles. The van der Waals surface area contributed by atoms with E-state index in [1.54, 1.807) is 0 Å². The summed E-state index contributed by atoms with van der Waals surface area (Å²) in [6, 6.07) is 8.82. The molecule has 0 spiro atoms. The molecular weight excluding hydrogens is 537 g/mol. The molecular formula is C34H52O4S2. The first kappa shape index (κ1) is 34.4. The minimum atomic E-state index is -0.798. The van der Waals surface area contributed by atoms with Crippen molar-refractivity contribution in [2.24, 2.45) is 0 Å². The van der Waals surface area contributed by atoms with Crippen LogP contribution in [0.4, 0.5) is 0 Å². The van der Waals surface area contributed by atoms with E-state index in [0.717, 1.165) is 32.9 Å². The van der Waals surface area contributed by atoms with Crippen molar-refractivity contribution in [3.8, 4) is 11.5 Å². The second-order valence-corrected chi connectivity index (χ2v) is 18.3. The molecule has 0 unspecified atom stereocenters. The molecule has 0 aliphatic carbocycles. The van der Waals surface area contributed by atoms with Gasteiger partial charge in [-0.1, -0.05) is 76.2 Å². The standard InChI is InChI=1S/C34H52O4S2/c1-21(2)24-17-22(20-27(33(9,10)11)30(24)38-16-14-15-28(35)36)39-34(12,13)40-23-18-25(31(3,4)5)29(37)26(19-23)32(6,7)8/h17-21,37H,14-16H2,1-13H3,(H,35,36). The predicted molar refractivity (Wildman–Crippen MR) is 173 cm³/mol. The van der Waals surface area contributed by atoms with Gasteiger partial charge in [-0.25, -0.2) is 0 Å². The minimum Gasteiger partial charge on any atom is -0.507 e. The average molecular weight is 589 g/mol. The Morgan fingerprint density at radius 3 is 1.60 bits per heavy atom. The lowest BCUT2D eigenvalue weighted by atomic mass is 9.79. The molecule has 0 radical (unpaired) electrons. The number of aliphatic carboxylic acids is 1. The molecule has 0 aliphatic heterocycles. The van der Waals surface area contributed by atoms with Gasteiger partial charge in [-0.3, -0.25) is 4.79 Å². The van der Waals surface area contributed by atoms with Crippen molar-refractivity contribution in [2.45, 2.75) is 139 Å². The number of carboxylic acid groups (broad SMARTS) is 1. The average Bonchev–Trinajstić information content (AvgIpc) is 2.75. The Labute approximate surface area is 252 Å². The molecule has 2 rings (SSSR count). The number of phenols is 1. The van der Waals surface area contributed by atoms with Crippen LogP contribution in [0.2, 0.25) is 0 Å². The van der Waals surface area contributed by atoms with Gasteiger partial charge in [0.1, 0.15) is 11.5 Å². The number of hydrogen-bond donors (Lipinski definition) is 2. The van der Waals surface area contributed by atoms with Crippen molar-refractivity contribution in [1.29, 1.82) is 0 Å². The third-order valence-corrected chi connectivity index (χ3v) is 9.16. The topological polar surface area (TPSA) is 66.8 Å². The number of carboxylic acids is 1. The lowest BCUT2D eigenvalue weighted by Crippen LogP contribution is -2.18. The van der Waals surface area contributed by atoms with Crippen LogP contribution in [-0.4, -0.2) is 26.9 Å². The van der Waals surface area contributed by atoms with Gasteiger partial charge in [0.25, 0.3) is 0 Å². The highest BCUT2D eigenvalue weighted by Crippen LogP contribution is 2.50. The first-order chi connectivity index (χ1) is 18.0. The van der Waals surface area contributed by atoms with Gasteiger partial charge in [-0.05, 0) is 72.3 Å². The maximum Gasteiger partial charge on any atom is 0.303 e. The monoisotopic (exact) mass is 588 g/mol. The lowest BCUT2D eigenvalue weighted by molar-refractivity contribution is -0.137. The molecule has 2 N–H and O–H groups in total. The summed E-state index contributed by atoms with van der Waals surface area (Å²) in [5.41, 5.74) is 3.76. The molecule has 2 aromatic carbocycles. The number of carbonyl (C=O) groups is 1. The number of hydrogen-bond acceptors (Lipinski definition) is 5. The minimum absolute atomic E-state index is 0.103. The van der Waals surface area contributed by atoms with Gasteiger partial charge in [0.05, 0.1) is 10.7 Å². The van der Waals surface area contributed by atoms with Crippen LogP contribution in [-0.2, 0) is 21.0 Å². The molecule has 0 saturated heterocycles. The molecule has 0 amide bonds. The zero-order valence-corrected chi connectivity index (χ0v) is 28.7. The van der Waals surface area contributed by atoms with Gasteiger partial charge in [0.15, 0.2) is 0 Å². The van der Waals surface area contributed by atoms with Crippen molar-refractivity contribution < 1.29 is 19.7 Å². The van der Waals surface area contributed by atoms with Gasteiger partial charge >= 0.3 is 5.97 Å². The highest BCUT2D eigenvalue weighted by Gasteiger charge is 2.30. The third kappa shape index (κ3) is 9.37. The molecule has 2 aromatic rings. The van der Waals surface area contributed by atoms with Gasteiger partial charge in [0.2, 0.25) is 0 Å². The Balaban J connectivity index is 2.51. The Kier molecular flexibility index (Phi) is 10.8. The molecule has 40 heavy (non-hydrogen) atoms. The second kappa shape index (κ2) is 12.6.